The standard InChI is InChI=1S/C25H26F3N5O4/c1-12-20(25(36)32-17-8-33(7-16(17)26)19(35)9-34)22-23(31-12)21(29-11-30-22)15-6-14(24(27)28)4-5-18(15)37-10-13-2-3-13/h4-6,11,13,16-17,24,31,34H,2-3,7-10H2,1H3,(H,32,36)/t16-,17-/m1/s1. The van der Waals surface area contributed by atoms with E-state index in [1.54, 1.807) is 6.92 Å². The molecule has 3 heterocycles. The van der Waals surface area contributed by atoms with Crippen molar-refractivity contribution in [3.63, 3.8) is 0 Å². The molecule has 0 radical (unpaired) electrons. The first-order valence-corrected chi connectivity index (χ1v) is 12.0. The molecule has 1 aromatic carbocycles. The number of alkyl halides is 3. The van der Waals surface area contributed by atoms with Gasteiger partial charge in [-0.25, -0.2) is 23.1 Å². The fourth-order valence-electron chi connectivity index (χ4n) is 4.53. The Morgan fingerprint density at radius 2 is 2.05 bits per heavy atom. The number of carbonyl (C=O) groups excluding carboxylic acids is 2. The number of benzene rings is 1. The van der Waals surface area contributed by atoms with Crippen LogP contribution in [0.2, 0.25) is 0 Å². The summed E-state index contributed by atoms with van der Waals surface area (Å²) in [5.74, 6) is -0.388. The predicted octanol–water partition coefficient (Wildman–Crippen LogP) is 2.93. The monoisotopic (exact) mass is 517 g/mol. The summed E-state index contributed by atoms with van der Waals surface area (Å²) in [6.45, 7) is 1.06. The number of likely N-dealkylation sites (tertiary alicyclic amines) is 1. The van der Waals surface area contributed by atoms with E-state index in [0.717, 1.165) is 17.7 Å². The number of aliphatic hydroxyl groups is 1. The zero-order valence-corrected chi connectivity index (χ0v) is 20.0. The maximum absolute atomic E-state index is 14.5. The molecule has 1 saturated carbocycles. The lowest BCUT2D eigenvalue weighted by atomic mass is 10.0. The Labute approximate surface area is 210 Å². The second-order valence-electron chi connectivity index (χ2n) is 9.43. The van der Waals surface area contributed by atoms with Crippen LogP contribution < -0.4 is 10.1 Å². The highest BCUT2D eigenvalue weighted by atomic mass is 19.3. The molecule has 2 atom stereocenters. The van der Waals surface area contributed by atoms with E-state index >= 15 is 0 Å². The van der Waals surface area contributed by atoms with Gasteiger partial charge in [0.1, 0.15) is 36.1 Å². The minimum atomic E-state index is -2.70. The molecule has 37 heavy (non-hydrogen) atoms. The number of halogens is 3. The Morgan fingerprint density at radius 1 is 1.27 bits per heavy atom. The van der Waals surface area contributed by atoms with Crippen LogP contribution in [0.5, 0.6) is 5.75 Å². The van der Waals surface area contributed by atoms with Crippen LogP contribution in [-0.4, -0.2) is 75.3 Å². The molecular weight excluding hydrogens is 491 g/mol. The molecule has 0 unspecified atom stereocenters. The number of amides is 2. The molecule has 0 bridgehead atoms. The molecule has 1 saturated heterocycles. The van der Waals surface area contributed by atoms with Crippen molar-refractivity contribution in [3.05, 3.63) is 41.3 Å². The number of rotatable bonds is 8. The van der Waals surface area contributed by atoms with Crippen LogP contribution in [0, 0.1) is 12.8 Å². The van der Waals surface area contributed by atoms with Crippen LogP contribution in [0.15, 0.2) is 24.5 Å². The highest BCUT2D eigenvalue weighted by Crippen LogP contribution is 2.38. The van der Waals surface area contributed by atoms with E-state index in [1.165, 1.54) is 24.5 Å². The van der Waals surface area contributed by atoms with E-state index in [2.05, 4.69) is 20.3 Å². The summed E-state index contributed by atoms with van der Waals surface area (Å²) in [4.78, 5) is 37.7. The van der Waals surface area contributed by atoms with E-state index in [4.69, 9.17) is 9.84 Å². The summed E-state index contributed by atoms with van der Waals surface area (Å²) in [5, 5.41) is 11.6. The topological polar surface area (TPSA) is 120 Å². The number of H-pyrrole nitrogens is 1. The third kappa shape index (κ3) is 4.97. The van der Waals surface area contributed by atoms with Crippen molar-refractivity contribution < 1.29 is 32.6 Å². The maximum Gasteiger partial charge on any atom is 0.263 e. The number of nitrogens with one attached hydrogen (secondary N) is 2. The zero-order valence-electron chi connectivity index (χ0n) is 20.0. The molecule has 3 N–H and O–H groups in total. The Morgan fingerprint density at radius 3 is 2.76 bits per heavy atom. The summed E-state index contributed by atoms with van der Waals surface area (Å²) < 4.78 is 47.5. The van der Waals surface area contributed by atoms with Crippen molar-refractivity contribution in [3.8, 4) is 17.0 Å². The van der Waals surface area contributed by atoms with Gasteiger partial charge in [-0.05, 0) is 43.9 Å². The first kappa shape index (κ1) is 25.0. The van der Waals surface area contributed by atoms with Crippen molar-refractivity contribution >= 4 is 22.8 Å². The normalized spacial score (nSPS) is 19.6. The van der Waals surface area contributed by atoms with Gasteiger partial charge in [0.25, 0.3) is 12.3 Å². The Balaban J connectivity index is 1.48. The molecule has 3 aromatic rings. The van der Waals surface area contributed by atoms with Gasteiger partial charge in [0.15, 0.2) is 0 Å². The lowest BCUT2D eigenvalue weighted by Crippen LogP contribution is -2.42. The average Bonchev–Trinajstić information content (AvgIpc) is 3.55. The number of aryl methyl sites for hydroxylation is 1. The number of ether oxygens (including phenoxy) is 1. The molecule has 12 heteroatoms. The smallest absolute Gasteiger partial charge is 0.263 e. The number of aromatic amines is 1. The Bertz CT molecular complexity index is 1340. The molecular formula is C25H26F3N5O4. The summed E-state index contributed by atoms with van der Waals surface area (Å²) in [6.07, 6.45) is -0.848. The maximum atomic E-state index is 14.5. The van der Waals surface area contributed by atoms with Crippen LogP contribution >= 0.6 is 0 Å². The predicted molar refractivity (Wildman–Crippen MR) is 127 cm³/mol. The van der Waals surface area contributed by atoms with Crippen LogP contribution in [-0.2, 0) is 4.79 Å². The minimum Gasteiger partial charge on any atom is -0.493 e. The van der Waals surface area contributed by atoms with Gasteiger partial charge in [-0.1, -0.05) is 0 Å². The molecule has 1 aliphatic carbocycles. The molecule has 1 aliphatic heterocycles. The number of aromatic nitrogens is 3. The molecule has 2 amide bonds. The van der Waals surface area contributed by atoms with Crippen molar-refractivity contribution in [2.24, 2.45) is 5.92 Å². The van der Waals surface area contributed by atoms with Crippen molar-refractivity contribution in [2.45, 2.75) is 38.4 Å². The van der Waals surface area contributed by atoms with Gasteiger partial charge in [0.2, 0.25) is 5.91 Å². The number of hydrogen-bond donors (Lipinski definition) is 3. The first-order valence-electron chi connectivity index (χ1n) is 12.0. The molecule has 196 valence electrons. The molecule has 2 fully saturated rings. The summed E-state index contributed by atoms with van der Waals surface area (Å²) in [6, 6.07) is 3.17. The lowest BCUT2D eigenvalue weighted by molar-refractivity contribution is -0.133. The number of fused-ring (bicyclic) bond motifs is 1. The Kier molecular flexibility index (Phi) is 6.76. The second kappa shape index (κ2) is 10.0. The molecule has 2 aliphatic rings. The van der Waals surface area contributed by atoms with Gasteiger partial charge in [-0.3, -0.25) is 9.59 Å². The Hall–Kier alpha value is -3.67. The quantitative estimate of drug-likeness (QED) is 0.423. The van der Waals surface area contributed by atoms with E-state index in [1.807, 2.05) is 0 Å². The fourth-order valence-corrected chi connectivity index (χ4v) is 4.53. The zero-order chi connectivity index (χ0) is 26.3. The van der Waals surface area contributed by atoms with E-state index in [9.17, 15) is 22.8 Å². The summed E-state index contributed by atoms with van der Waals surface area (Å²) in [7, 11) is 0. The highest BCUT2D eigenvalue weighted by Gasteiger charge is 2.37. The van der Waals surface area contributed by atoms with Crippen LogP contribution in [0.1, 0.15) is 40.9 Å². The third-order valence-electron chi connectivity index (χ3n) is 6.73. The summed E-state index contributed by atoms with van der Waals surface area (Å²) >= 11 is 0. The van der Waals surface area contributed by atoms with Gasteiger partial charge in [0.05, 0.1) is 30.3 Å². The molecule has 2 aromatic heterocycles. The van der Waals surface area contributed by atoms with Gasteiger partial charge >= 0.3 is 0 Å². The number of hydrogen-bond acceptors (Lipinski definition) is 6. The third-order valence-corrected chi connectivity index (χ3v) is 6.73. The molecule has 0 spiro atoms. The van der Waals surface area contributed by atoms with Gasteiger partial charge in [-0.15, -0.1) is 0 Å². The average molecular weight is 518 g/mol. The van der Waals surface area contributed by atoms with Gasteiger partial charge < -0.3 is 25.0 Å². The van der Waals surface area contributed by atoms with Crippen LogP contribution in [0.3, 0.4) is 0 Å². The largest absolute Gasteiger partial charge is 0.493 e. The van der Waals surface area contributed by atoms with Crippen molar-refractivity contribution in [1.29, 1.82) is 0 Å². The number of nitrogens with zero attached hydrogens (tertiary/aromatic N) is 3. The fraction of sp³-hybridized carbons (Fsp3) is 0.440. The van der Waals surface area contributed by atoms with E-state index in [0.29, 0.717) is 40.7 Å². The van der Waals surface area contributed by atoms with Gasteiger partial charge in [0, 0.05) is 23.4 Å². The van der Waals surface area contributed by atoms with Crippen LogP contribution in [0.25, 0.3) is 22.3 Å². The SMILES string of the molecule is Cc1[nH]c2c(-c3cc(C(F)F)ccc3OCC3CC3)ncnc2c1C(=O)N[C@@H]1CN(C(=O)CO)C[C@H]1F. The lowest BCUT2D eigenvalue weighted by Gasteiger charge is -2.16. The van der Waals surface area contributed by atoms with Gasteiger partial charge in [-0.2, -0.15) is 0 Å². The van der Waals surface area contributed by atoms with Crippen LogP contribution in [0.4, 0.5) is 13.2 Å². The molecule has 5 rings (SSSR count). The van der Waals surface area contributed by atoms with Crippen molar-refractivity contribution in [1.82, 2.24) is 25.2 Å². The highest BCUT2D eigenvalue weighted by molar-refractivity contribution is 6.09. The van der Waals surface area contributed by atoms with Crippen molar-refractivity contribution in [2.75, 3.05) is 26.3 Å². The summed E-state index contributed by atoms with van der Waals surface area (Å²) in [5.41, 5.74) is 1.63. The number of carbonyl (C=O) groups is 2. The van der Waals surface area contributed by atoms with E-state index < -0.39 is 37.1 Å². The molecule has 9 nitrogen and oxygen atoms in total. The second-order valence-corrected chi connectivity index (χ2v) is 9.43. The first-order chi connectivity index (χ1) is 17.8. The number of aliphatic hydroxyl groups excluding tert-OH is 1. The minimum absolute atomic E-state index is 0.0734. The van der Waals surface area contributed by atoms with E-state index in [-0.39, 0.29) is 29.7 Å².